The molecule has 0 spiro atoms. The highest BCUT2D eigenvalue weighted by Crippen LogP contribution is 1.86. The molecule has 0 aliphatic rings. The van der Waals surface area contributed by atoms with E-state index in [-0.39, 0.29) is 0 Å². The molecule has 0 unspecified atom stereocenters. The van der Waals surface area contributed by atoms with Crippen molar-refractivity contribution < 1.29 is 4.74 Å². The van der Waals surface area contributed by atoms with Gasteiger partial charge in [0.2, 0.25) is 0 Å². The van der Waals surface area contributed by atoms with Crippen LogP contribution >= 0.6 is 0 Å². The van der Waals surface area contributed by atoms with Crippen molar-refractivity contribution in [3.63, 3.8) is 0 Å². The molecule has 4 heteroatoms. The number of rotatable bonds is 8. The first-order valence-corrected chi connectivity index (χ1v) is 5.95. The Kier molecular flexibility index (Phi) is 10.7. The summed E-state index contributed by atoms with van der Waals surface area (Å²) in [4.78, 5) is 4.44. The lowest BCUT2D eigenvalue weighted by molar-refractivity contribution is 0.152. The van der Waals surface area contributed by atoms with Gasteiger partial charge in [0.25, 0.3) is 0 Å². The molecule has 0 atom stereocenters. The third-order valence-corrected chi connectivity index (χ3v) is 1.87. The number of unbranched alkanes of at least 4 members (excludes halogenated alkanes) is 1. The van der Waals surface area contributed by atoms with Crippen molar-refractivity contribution in [1.29, 1.82) is 0 Å². The van der Waals surface area contributed by atoms with Crippen molar-refractivity contribution in [3.8, 4) is 0 Å². The monoisotopic (exact) mass is 215 g/mol. The van der Waals surface area contributed by atoms with E-state index in [1.54, 1.807) is 0 Å². The molecule has 4 nitrogen and oxygen atoms in total. The quantitative estimate of drug-likeness (QED) is 0.365. The third kappa shape index (κ3) is 9.53. The van der Waals surface area contributed by atoms with Crippen LogP contribution in [0.1, 0.15) is 33.6 Å². The van der Waals surface area contributed by atoms with Gasteiger partial charge in [0, 0.05) is 26.2 Å². The number of guanidine groups is 1. The van der Waals surface area contributed by atoms with Crippen LogP contribution in [0.2, 0.25) is 0 Å². The molecule has 0 saturated carbocycles. The van der Waals surface area contributed by atoms with Crippen molar-refractivity contribution in [2.45, 2.75) is 33.6 Å². The molecule has 0 aromatic carbocycles. The zero-order chi connectivity index (χ0) is 11.4. The zero-order valence-corrected chi connectivity index (χ0v) is 10.3. The van der Waals surface area contributed by atoms with Gasteiger partial charge in [-0.1, -0.05) is 13.3 Å². The van der Waals surface area contributed by atoms with Crippen LogP contribution in [0.4, 0.5) is 0 Å². The Bertz CT molecular complexity index is 160. The number of ether oxygens (including phenoxy) is 1. The summed E-state index contributed by atoms with van der Waals surface area (Å²) in [6, 6.07) is 0. The fourth-order valence-electron chi connectivity index (χ4n) is 1.08. The van der Waals surface area contributed by atoms with Crippen LogP contribution in [0.15, 0.2) is 4.99 Å². The summed E-state index contributed by atoms with van der Waals surface area (Å²) in [5.41, 5.74) is 0. The second-order valence-electron chi connectivity index (χ2n) is 3.24. The van der Waals surface area contributed by atoms with E-state index in [1.165, 1.54) is 6.42 Å². The summed E-state index contributed by atoms with van der Waals surface area (Å²) >= 11 is 0. The third-order valence-electron chi connectivity index (χ3n) is 1.87. The Labute approximate surface area is 93.5 Å². The Morgan fingerprint density at radius 2 is 2.00 bits per heavy atom. The largest absolute Gasteiger partial charge is 0.380 e. The standard InChI is InChI=1S/C11H25N3O/c1-4-7-8-13-11(12-5-2)14-9-10-15-6-3/h4-10H2,1-3H3,(H2,12,13,14). The Morgan fingerprint density at radius 3 is 2.60 bits per heavy atom. The van der Waals surface area contributed by atoms with Gasteiger partial charge in [-0.2, -0.15) is 0 Å². The van der Waals surface area contributed by atoms with Crippen molar-refractivity contribution >= 4 is 5.96 Å². The second-order valence-corrected chi connectivity index (χ2v) is 3.24. The topological polar surface area (TPSA) is 45.7 Å². The first-order valence-electron chi connectivity index (χ1n) is 5.95. The van der Waals surface area contributed by atoms with Gasteiger partial charge in [-0.25, -0.2) is 0 Å². The predicted molar refractivity (Wildman–Crippen MR) is 65.4 cm³/mol. The van der Waals surface area contributed by atoms with Crippen LogP contribution in [-0.4, -0.2) is 38.8 Å². The molecule has 0 fully saturated rings. The lowest BCUT2D eigenvalue weighted by atomic mass is 10.3. The average molecular weight is 215 g/mol. The fourth-order valence-corrected chi connectivity index (χ4v) is 1.08. The van der Waals surface area contributed by atoms with E-state index in [2.05, 4.69) is 29.5 Å². The van der Waals surface area contributed by atoms with Crippen LogP contribution in [0.3, 0.4) is 0 Å². The summed E-state index contributed by atoms with van der Waals surface area (Å²) in [7, 11) is 0. The second kappa shape index (κ2) is 11.3. The van der Waals surface area contributed by atoms with Crippen molar-refractivity contribution in [3.05, 3.63) is 0 Å². The maximum absolute atomic E-state index is 5.24. The van der Waals surface area contributed by atoms with E-state index in [1.807, 2.05) is 6.92 Å². The Morgan fingerprint density at radius 1 is 1.20 bits per heavy atom. The number of nitrogens with one attached hydrogen (secondary N) is 2. The van der Waals surface area contributed by atoms with Gasteiger partial charge in [-0.05, 0) is 20.3 Å². The Hall–Kier alpha value is -0.770. The van der Waals surface area contributed by atoms with Crippen LogP contribution < -0.4 is 10.6 Å². The van der Waals surface area contributed by atoms with Crippen LogP contribution in [0, 0.1) is 0 Å². The molecule has 0 aliphatic heterocycles. The van der Waals surface area contributed by atoms with E-state index in [4.69, 9.17) is 4.74 Å². The summed E-state index contributed by atoms with van der Waals surface area (Å²) in [5.74, 6) is 0.894. The van der Waals surface area contributed by atoms with E-state index in [0.717, 1.165) is 45.2 Å². The first kappa shape index (κ1) is 14.2. The molecule has 0 rings (SSSR count). The zero-order valence-electron chi connectivity index (χ0n) is 10.3. The number of hydrogen-bond donors (Lipinski definition) is 2. The maximum atomic E-state index is 5.24. The molecule has 0 saturated heterocycles. The summed E-state index contributed by atoms with van der Waals surface area (Å²) < 4.78 is 5.24. The van der Waals surface area contributed by atoms with Gasteiger partial charge in [0.05, 0.1) is 6.61 Å². The molecule has 90 valence electrons. The summed E-state index contributed by atoms with van der Waals surface area (Å²) in [6.45, 7) is 10.3. The van der Waals surface area contributed by atoms with Gasteiger partial charge in [-0.15, -0.1) is 0 Å². The molecule has 15 heavy (non-hydrogen) atoms. The summed E-state index contributed by atoms with van der Waals surface area (Å²) in [5, 5.41) is 6.43. The van der Waals surface area contributed by atoms with Gasteiger partial charge >= 0.3 is 0 Å². The number of aliphatic imine (C=N–C) groups is 1. The minimum absolute atomic E-state index is 0.731. The molecule has 0 aromatic heterocycles. The smallest absolute Gasteiger partial charge is 0.191 e. The number of hydrogen-bond acceptors (Lipinski definition) is 2. The predicted octanol–water partition coefficient (Wildman–Crippen LogP) is 1.38. The fraction of sp³-hybridized carbons (Fsp3) is 0.909. The Balaban J connectivity index is 3.66. The van der Waals surface area contributed by atoms with Gasteiger partial charge in [-0.3, -0.25) is 4.99 Å². The molecular weight excluding hydrogens is 190 g/mol. The molecule has 0 radical (unpaired) electrons. The molecule has 0 bridgehead atoms. The lowest BCUT2D eigenvalue weighted by Gasteiger charge is -2.10. The highest BCUT2D eigenvalue weighted by Gasteiger charge is 1.94. The van der Waals surface area contributed by atoms with Crippen LogP contribution in [-0.2, 0) is 4.74 Å². The molecule has 0 heterocycles. The van der Waals surface area contributed by atoms with E-state index < -0.39 is 0 Å². The molecular formula is C11H25N3O. The first-order chi connectivity index (χ1) is 7.35. The van der Waals surface area contributed by atoms with Gasteiger partial charge in [0.1, 0.15) is 0 Å². The average Bonchev–Trinajstić information content (AvgIpc) is 2.24. The normalized spacial score (nSPS) is 11.5. The van der Waals surface area contributed by atoms with Crippen molar-refractivity contribution in [2.75, 3.05) is 32.8 Å². The summed E-state index contributed by atoms with van der Waals surface area (Å²) in [6.07, 6.45) is 2.32. The molecule has 0 aliphatic carbocycles. The maximum Gasteiger partial charge on any atom is 0.191 e. The molecule has 0 aromatic rings. The van der Waals surface area contributed by atoms with Crippen molar-refractivity contribution in [2.24, 2.45) is 4.99 Å². The minimum atomic E-state index is 0.731. The SMILES string of the molecule is CCCCN=C(NCC)NCCOCC. The van der Waals surface area contributed by atoms with E-state index in [0.29, 0.717) is 0 Å². The van der Waals surface area contributed by atoms with Gasteiger partial charge in [0.15, 0.2) is 5.96 Å². The van der Waals surface area contributed by atoms with Crippen molar-refractivity contribution in [1.82, 2.24) is 10.6 Å². The highest BCUT2D eigenvalue weighted by atomic mass is 16.5. The lowest BCUT2D eigenvalue weighted by Crippen LogP contribution is -2.39. The minimum Gasteiger partial charge on any atom is -0.380 e. The van der Waals surface area contributed by atoms with Crippen LogP contribution in [0.5, 0.6) is 0 Å². The number of nitrogens with zero attached hydrogens (tertiary/aromatic N) is 1. The van der Waals surface area contributed by atoms with E-state index >= 15 is 0 Å². The van der Waals surface area contributed by atoms with Crippen LogP contribution in [0.25, 0.3) is 0 Å². The van der Waals surface area contributed by atoms with Gasteiger partial charge < -0.3 is 15.4 Å². The highest BCUT2D eigenvalue weighted by molar-refractivity contribution is 5.79. The molecule has 0 amide bonds. The molecule has 2 N–H and O–H groups in total. The van der Waals surface area contributed by atoms with E-state index in [9.17, 15) is 0 Å².